The minimum atomic E-state index is -0.816. The predicted octanol–water partition coefficient (Wildman–Crippen LogP) is 2.03. The van der Waals surface area contributed by atoms with Crippen molar-refractivity contribution in [1.29, 1.82) is 0 Å². The Kier molecular flexibility index (Phi) is 5.04. The summed E-state index contributed by atoms with van der Waals surface area (Å²) in [4.78, 5) is 21.7. The third-order valence-electron chi connectivity index (χ3n) is 1.97. The maximum absolute atomic E-state index is 11.5. The smallest absolute Gasteiger partial charge is 0.303 e. The number of unbranched alkanes of at least 4 members (excludes halogenated alkanes) is 1. The summed E-state index contributed by atoms with van der Waals surface area (Å²) < 4.78 is 5.32. The summed E-state index contributed by atoms with van der Waals surface area (Å²) in [7, 11) is 0. The number of hydrogen-bond acceptors (Lipinski definition) is 3. The number of rotatable bonds is 6. The summed E-state index contributed by atoms with van der Waals surface area (Å²) in [6.45, 7) is 0.462. The molecule has 0 aromatic carbocycles. The minimum Gasteiger partial charge on any atom is -0.481 e. The van der Waals surface area contributed by atoms with Crippen molar-refractivity contribution >= 4 is 27.8 Å². The van der Waals surface area contributed by atoms with Crippen LogP contribution in [0.2, 0.25) is 0 Å². The fourth-order valence-corrected chi connectivity index (χ4v) is 1.57. The first-order valence-electron chi connectivity index (χ1n) is 4.84. The van der Waals surface area contributed by atoms with E-state index in [1.165, 1.54) is 6.26 Å². The van der Waals surface area contributed by atoms with E-state index in [4.69, 9.17) is 9.52 Å². The van der Waals surface area contributed by atoms with Gasteiger partial charge in [-0.3, -0.25) is 9.59 Å². The predicted molar refractivity (Wildman–Crippen MR) is 60.2 cm³/mol. The molecule has 0 atom stereocenters. The topological polar surface area (TPSA) is 79.5 Å². The lowest BCUT2D eigenvalue weighted by Gasteiger charge is -2.02. The Morgan fingerprint density at radius 2 is 2.19 bits per heavy atom. The van der Waals surface area contributed by atoms with Crippen LogP contribution < -0.4 is 5.32 Å². The average molecular weight is 290 g/mol. The van der Waals surface area contributed by atoms with Crippen LogP contribution in [0.15, 0.2) is 21.4 Å². The van der Waals surface area contributed by atoms with E-state index < -0.39 is 5.97 Å². The Balaban J connectivity index is 2.21. The lowest BCUT2D eigenvalue weighted by atomic mass is 10.2. The molecule has 1 aromatic rings. The van der Waals surface area contributed by atoms with Crippen molar-refractivity contribution in [3.63, 3.8) is 0 Å². The Hall–Kier alpha value is -1.30. The monoisotopic (exact) mass is 289 g/mol. The largest absolute Gasteiger partial charge is 0.481 e. The van der Waals surface area contributed by atoms with Crippen molar-refractivity contribution in [3.8, 4) is 0 Å². The second-order valence-corrected chi connectivity index (χ2v) is 3.93. The van der Waals surface area contributed by atoms with Crippen LogP contribution in [0.5, 0.6) is 0 Å². The Bertz CT molecular complexity index is 375. The van der Waals surface area contributed by atoms with Crippen molar-refractivity contribution in [2.24, 2.45) is 0 Å². The van der Waals surface area contributed by atoms with Gasteiger partial charge in [0.05, 0.1) is 11.8 Å². The lowest BCUT2D eigenvalue weighted by molar-refractivity contribution is -0.137. The number of amides is 1. The first kappa shape index (κ1) is 12.8. The van der Waals surface area contributed by atoms with E-state index in [9.17, 15) is 9.59 Å². The minimum absolute atomic E-state index is 0.130. The number of aliphatic carboxylic acids is 1. The summed E-state index contributed by atoms with van der Waals surface area (Å²) in [6.07, 6.45) is 2.75. The second-order valence-electron chi connectivity index (χ2n) is 3.21. The molecule has 0 saturated heterocycles. The molecule has 1 amide bonds. The molecule has 0 unspecified atom stereocenters. The molecule has 0 aliphatic heterocycles. The maximum Gasteiger partial charge on any atom is 0.303 e. The van der Waals surface area contributed by atoms with Gasteiger partial charge < -0.3 is 14.8 Å². The Morgan fingerprint density at radius 3 is 2.75 bits per heavy atom. The number of carbonyl (C=O) groups is 2. The summed E-state index contributed by atoms with van der Waals surface area (Å²) in [6, 6.07) is 1.57. The molecule has 0 spiro atoms. The van der Waals surface area contributed by atoms with Gasteiger partial charge in [-0.15, -0.1) is 0 Å². The van der Waals surface area contributed by atoms with Gasteiger partial charge in [0.25, 0.3) is 5.91 Å². The summed E-state index contributed by atoms with van der Waals surface area (Å²) >= 11 is 3.10. The zero-order chi connectivity index (χ0) is 12.0. The van der Waals surface area contributed by atoms with Gasteiger partial charge in [0.2, 0.25) is 0 Å². The Morgan fingerprint density at radius 1 is 1.44 bits per heavy atom. The summed E-state index contributed by atoms with van der Waals surface area (Å²) in [5.74, 6) is -1.04. The SMILES string of the molecule is O=C(O)CCCCNC(=O)c1ccoc1Br. The standard InChI is InChI=1S/C10H12BrNO4/c11-9-7(4-6-16-9)10(15)12-5-2-1-3-8(13)14/h4,6H,1-3,5H2,(H,12,15)(H,13,14). The van der Waals surface area contributed by atoms with Crippen LogP contribution >= 0.6 is 15.9 Å². The molecule has 0 bridgehead atoms. The highest BCUT2D eigenvalue weighted by Crippen LogP contribution is 2.16. The van der Waals surface area contributed by atoms with E-state index in [1.807, 2.05) is 0 Å². The van der Waals surface area contributed by atoms with E-state index in [0.717, 1.165) is 0 Å². The molecule has 0 radical (unpaired) electrons. The molecule has 88 valence electrons. The molecule has 1 heterocycles. The van der Waals surface area contributed by atoms with E-state index in [0.29, 0.717) is 29.6 Å². The van der Waals surface area contributed by atoms with Crippen molar-refractivity contribution in [2.75, 3.05) is 6.54 Å². The quantitative estimate of drug-likeness (QED) is 0.786. The zero-order valence-corrected chi connectivity index (χ0v) is 10.1. The number of hydrogen-bond donors (Lipinski definition) is 2. The fourth-order valence-electron chi connectivity index (χ4n) is 1.15. The van der Waals surface area contributed by atoms with Gasteiger partial charge >= 0.3 is 5.97 Å². The average Bonchev–Trinajstić information content (AvgIpc) is 2.63. The molecule has 2 N–H and O–H groups in total. The van der Waals surface area contributed by atoms with Gasteiger partial charge in [0.1, 0.15) is 0 Å². The highest BCUT2D eigenvalue weighted by atomic mass is 79.9. The third-order valence-corrected chi connectivity index (χ3v) is 2.58. The van der Waals surface area contributed by atoms with Gasteiger partial charge in [-0.1, -0.05) is 0 Å². The van der Waals surface area contributed by atoms with Gasteiger partial charge in [-0.2, -0.15) is 0 Å². The van der Waals surface area contributed by atoms with Crippen LogP contribution in [-0.2, 0) is 4.79 Å². The van der Waals surface area contributed by atoms with E-state index >= 15 is 0 Å². The summed E-state index contributed by atoms with van der Waals surface area (Å²) in [5, 5.41) is 11.1. The van der Waals surface area contributed by atoms with Gasteiger partial charge in [0.15, 0.2) is 4.67 Å². The molecule has 0 saturated carbocycles. The van der Waals surface area contributed by atoms with Crippen molar-refractivity contribution in [1.82, 2.24) is 5.32 Å². The van der Waals surface area contributed by atoms with Crippen LogP contribution in [0.3, 0.4) is 0 Å². The maximum atomic E-state index is 11.5. The molecule has 1 aromatic heterocycles. The number of carbonyl (C=O) groups excluding carboxylic acids is 1. The van der Waals surface area contributed by atoms with Crippen LogP contribution in [-0.4, -0.2) is 23.5 Å². The van der Waals surface area contributed by atoms with Crippen molar-refractivity contribution in [3.05, 3.63) is 22.6 Å². The van der Waals surface area contributed by atoms with E-state index in [-0.39, 0.29) is 12.3 Å². The van der Waals surface area contributed by atoms with Gasteiger partial charge in [-0.25, -0.2) is 0 Å². The molecule has 0 aliphatic rings. The Labute approximate surface area is 101 Å². The van der Waals surface area contributed by atoms with Crippen LogP contribution in [0.4, 0.5) is 0 Å². The van der Waals surface area contributed by atoms with Crippen molar-refractivity contribution in [2.45, 2.75) is 19.3 Å². The van der Waals surface area contributed by atoms with Gasteiger partial charge in [-0.05, 0) is 34.8 Å². The number of carboxylic acid groups (broad SMARTS) is 1. The zero-order valence-electron chi connectivity index (χ0n) is 8.53. The molecular formula is C10H12BrNO4. The molecule has 6 heteroatoms. The third kappa shape index (κ3) is 4.06. The van der Waals surface area contributed by atoms with Crippen LogP contribution in [0.25, 0.3) is 0 Å². The van der Waals surface area contributed by atoms with E-state index in [2.05, 4.69) is 21.2 Å². The lowest BCUT2D eigenvalue weighted by Crippen LogP contribution is -2.24. The van der Waals surface area contributed by atoms with Crippen LogP contribution in [0.1, 0.15) is 29.6 Å². The van der Waals surface area contributed by atoms with E-state index in [1.54, 1.807) is 6.07 Å². The number of carboxylic acids is 1. The number of halogens is 1. The fraction of sp³-hybridized carbons (Fsp3) is 0.400. The van der Waals surface area contributed by atoms with Gasteiger partial charge in [0, 0.05) is 13.0 Å². The molecule has 5 nitrogen and oxygen atoms in total. The number of nitrogens with one attached hydrogen (secondary N) is 1. The first-order valence-corrected chi connectivity index (χ1v) is 5.63. The molecule has 1 rings (SSSR count). The summed E-state index contributed by atoms with van der Waals surface area (Å²) in [5.41, 5.74) is 0.443. The van der Waals surface area contributed by atoms with Crippen LogP contribution in [0, 0.1) is 0 Å². The number of furan rings is 1. The molecular weight excluding hydrogens is 278 g/mol. The normalized spacial score (nSPS) is 10.1. The second kappa shape index (κ2) is 6.32. The molecule has 0 aliphatic carbocycles. The molecule has 16 heavy (non-hydrogen) atoms. The highest BCUT2D eigenvalue weighted by Gasteiger charge is 2.11. The molecule has 0 fully saturated rings. The highest BCUT2D eigenvalue weighted by molar-refractivity contribution is 9.10. The van der Waals surface area contributed by atoms with Crippen molar-refractivity contribution < 1.29 is 19.1 Å². The first-order chi connectivity index (χ1) is 7.61.